The first-order chi connectivity index (χ1) is 6.15. The first kappa shape index (κ1) is 10.3. The maximum absolute atomic E-state index is 11.2. The number of Topliss-reactive ketones (excluding diaryl/α,β-unsaturated/α-hetero) is 1. The lowest BCUT2D eigenvalue weighted by atomic mass is 10.1. The van der Waals surface area contributed by atoms with Crippen LogP contribution in [0.5, 0.6) is 5.75 Å². The molecule has 13 heavy (non-hydrogen) atoms. The molecule has 0 saturated heterocycles. The smallest absolute Gasteiger partial charge is 0.163 e. The van der Waals surface area contributed by atoms with Gasteiger partial charge in [-0.25, -0.2) is 0 Å². The zero-order valence-electron chi connectivity index (χ0n) is 7.63. The van der Waals surface area contributed by atoms with Gasteiger partial charge in [-0.2, -0.15) is 0 Å². The Balaban J connectivity index is 3.10. The normalized spacial score (nSPS) is 9.77. The summed E-state index contributed by atoms with van der Waals surface area (Å²) in [5, 5.41) is 0. The van der Waals surface area contributed by atoms with Gasteiger partial charge in [0.2, 0.25) is 0 Å². The van der Waals surface area contributed by atoms with E-state index in [9.17, 15) is 4.79 Å². The third-order valence-electron chi connectivity index (χ3n) is 1.62. The molecular weight excluding hydrogens is 232 g/mol. The molecule has 1 aromatic rings. The van der Waals surface area contributed by atoms with Crippen molar-refractivity contribution in [3.63, 3.8) is 0 Å². The van der Waals surface area contributed by atoms with Crippen molar-refractivity contribution in [2.24, 2.45) is 0 Å². The van der Waals surface area contributed by atoms with E-state index < -0.39 is 0 Å². The van der Waals surface area contributed by atoms with Gasteiger partial charge in [0.1, 0.15) is 5.75 Å². The summed E-state index contributed by atoms with van der Waals surface area (Å²) in [6, 6.07) is 5.40. The average Bonchev–Trinajstić information content (AvgIpc) is 2.04. The molecule has 70 valence electrons. The second-order valence-corrected chi connectivity index (χ2v) is 3.55. The van der Waals surface area contributed by atoms with E-state index in [0.717, 1.165) is 4.47 Å². The van der Waals surface area contributed by atoms with Crippen molar-refractivity contribution < 1.29 is 9.53 Å². The summed E-state index contributed by atoms with van der Waals surface area (Å²) < 4.78 is 6.25. The number of halogens is 1. The summed E-state index contributed by atoms with van der Waals surface area (Å²) in [5.74, 6) is 0.667. The van der Waals surface area contributed by atoms with Crippen LogP contribution >= 0.6 is 15.9 Å². The van der Waals surface area contributed by atoms with Crippen molar-refractivity contribution in [2.75, 3.05) is 6.61 Å². The molecule has 0 aliphatic rings. The van der Waals surface area contributed by atoms with Crippen LogP contribution in [0.3, 0.4) is 0 Å². The van der Waals surface area contributed by atoms with Crippen LogP contribution in [-0.4, -0.2) is 12.4 Å². The minimum atomic E-state index is 0.0240. The number of ether oxygens (including phenoxy) is 1. The Labute approximate surface area is 86.0 Å². The second kappa shape index (κ2) is 4.42. The van der Waals surface area contributed by atoms with Gasteiger partial charge in [0, 0.05) is 4.47 Å². The molecule has 0 atom stereocenters. The summed E-state index contributed by atoms with van der Waals surface area (Å²) >= 11 is 3.32. The maximum atomic E-state index is 11.2. The molecule has 0 amide bonds. The summed E-state index contributed by atoms with van der Waals surface area (Å²) in [6.07, 6.45) is 0. The molecule has 0 aliphatic carbocycles. The maximum Gasteiger partial charge on any atom is 0.163 e. The zero-order chi connectivity index (χ0) is 9.84. The predicted molar refractivity (Wildman–Crippen MR) is 55.3 cm³/mol. The van der Waals surface area contributed by atoms with E-state index in [1.807, 2.05) is 13.0 Å². The largest absolute Gasteiger partial charge is 0.493 e. The van der Waals surface area contributed by atoms with E-state index in [-0.39, 0.29) is 5.78 Å². The van der Waals surface area contributed by atoms with E-state index >= 15 is 0 Å². The second-order valence-electron chi connectivity index (χ2n) is 2.63. The first-order valence-corrected chi connectivity index (χ1v) is 4.87. The van der Waals surface area contributed by atoms with Crippen LogP contribution in [0, 0.1) is 0 Å². The quantitative estimate of drug-likeness (QED) is 0.762. The average molecular weight is 243 g/mol. The molecule has 0 aromatic heterocycles. The molecule has 0 spiro atoms. The molecule has 1 rings (SSSR count). The molecule has 0 fully saturated rings. The number of carbonyl (C=O) groups is 1. The molecule has 0 saturated carbocycles. The highest BCUT2D eigenvalue weighted by molar-refractivity contribution is 9.10. The number of rotatable bonds is 3. The summed E-state index contributed by atoms with van der Waals surface area (Å²) in [4.78, 5) is 11.2. The first-order valence-electron chi connectivity index (χ1n) is 4.08. The molecule has 2 nitrogen and oxygen atoms in total. The van der Waals surface area contributed by atoms with Crippen LogP contribution < -0.4 is 4.74 Å². The molecule has 1 aromatic carbocycles. The number of hydrogen-bond donors (Lipinski definition) is 0. The fourth-order valence-electron chi connectivity index (χ4n) is 1.06. The topological polar surface area (TPSA) is 26.3 Å². The van der Waals surface area contributed by atoms with Crippen molar-refractivity contribution >= 4 is 21.7 Å². The van der Waals surface area contributed by atoms with Gasteiger partial charge < -0.3 is 4.74 Å². The van der Waals surface area contributed by atoms with Gasteiger partial charge in [-0.3, -0.25) is 4.79 Å². The summed E-state index contributed by atoms with van der Waals surface area (Å²) in [7, 11) is 0. The van der Waals surface area contributed by atoms with Gasteiger partial charge in [0.25, 0.3) is 0 Å². The Kier molecular flexibility index (Phi) is 3.48. The number of hydrogen-bond acceptors (Lipinski definition) is 2. The SMILES string of the molecule is CCOc1cc(Br)ccc1C(C)=O. The summed E-state index contributed by atoms with van der Waals surface area (Å²) in [5.41, 5.74) is 0.630. The van der Waals surface area contributed by atoms with Crippen LogP contribution in [0.25, 0.3) is 0 Å². The van der Waals surface area contributed by atoms with Gasteiger partial charge in [0.05, 0.1) is 12.2 Å². The number of ketones is 1. The molecule has 0 aliphatic heterocycles. The Bertz CT molecular complexity index is 321. The third kappa shape index (κ3) is 2.56. The summed E-state index contributed by atoms with van der Waals surface area (Å²) in [6.45, 7) is 3.99. The van der Waals surface area contributed by atoms with E-state index in [4.69, 9.17) is 4.74 Å². The van der Waals surface area contributed by atoms with Crippen molar-refractivity contribution in [1.82, 2.24) is 0 Å². The van der Waals surface area contributed by atoms with E-state index in [1.54, 1.807) is 12.1 Å². The molecule has 0 heterocycles. The number of benzene rings is 1. The van der Waals surface area contributed by atoms with Gasteiger partial charge >= 0.3 is 0 Å². The van der Waals surface area contributed by atoms with Crippen LogP contribution in [0.1, 0.15) is 24.2 Å². The highest BCUT2D eigenvalue weighted by Gasteiger charge is 2.07. The molecule has 3 heteroatoms. The highest BCUT2D eigenvalue weighted by Crippen LogP contribution is 2.23. The van der Waals surface area contributed by atoms with Crippen LogP contribution in [0.2, 0.25) is 0 Å². The van der Waals surface area contributed by atoms with Gasteiger partial charge in [0.15, 0.2) is 5.78 Å². The van der Waals surface area contributed by atoms with Crippen LogP contribution in [0.4, 0.5) is 0 Å². The Morgan fingerprint density at radius 1 is 1.54 bits per heavy atom. The molecule has 0 radical (unpaired) electrons. The molecule has 0 unspecified atom stereocenters. The van der Waals surface area contributed by atoms with Crippen molar-refractivity contribution in [3.8, 4) is 5.75 Å². The molecular formula is C10H11BrO2. The number of carbonyl (C=O) groups excluding carboxylic acids is 1. The zero-order valence-corrected chi connectivity index (χ0v) is 9.22. The molecule has 0 N–H and O–H groups in total. The van der Waals surface area contributed by atoms with Gasteiger partial charge in [-0.1, -0.05) is 15.9 Å². The fourth-order valence-corrected chi connectivity index (χ4v) is 1.40. The van der Waals surface area contributed by atoms with Gasteiger partial charge in [-0.05, 0) is 32.0 Å². The molecule has 0 bridgehead atoms. The van der Waals surface area contributed by atoms with Crippen molar-refractivity contribution in [3.05, 3.63) is 28.2 Å². The van der Waals surface area contributed by atoms with Crippen LogP contribution in [-0.2, 0) is 0 Å². The lowest BCUT2D eigenvalue weighted by molar-refractivity contribution is 0.101. The van der Waals surface area contributed by atoms with Crippen molar-refractivity contribution in [2.45, 2.75) is 13.8 Å². The van der Waals surface area contributed by atoms with E-state index in [2.05, 4.69) is 15.9 Å². The lowest BCUT2D eigenvalue weighted by Crippen LogP contribution is -2.00. The van der Waals surface area contributed by atoms with Crippen molar-refractivity contribution in [1.29, 1.82) is 0 Å². The van der Waals surface area contributed by atoms with E-state index in [0.29, 0.717) is 17.9 Å². The third-order valence-corrected chi connectivity index (χ3v) is 2.12. The minimum absolute atomic E-state index is 0.0240. The van der Waals surface area contributed by atoms with E-state index in [1.165, 1.54) is 6.92 Å². The minimum Gasteiger partial charge on any atom is -0.493 e. The van der Waals surface area contributed by atoms with Gasteiger partial charge in [-0.15, -0.1) is 0 Å². The highest BCUT2D eigenvalue weighted by atomic mass is 79.9. The monoisotopic (exact) mass is 242 g/mol. The Hall–Kier alpha value is -0.830. The fraction of sp³-hybridized carbons (Fsp3) is 0.300. The predicted octanol–water partition coefficient (Wildman–Crippen LogP) is 3.05. The lowest BCUT2D eigenvalue weighted by Gasteiger charge is -2.07. The Morgan fingerprint density at radius 3 is 2.77 bits per heavy atom. The standard InChI is InChI=1S/C10H11BrO2/c1-3-13-10-6-8(11)4-5-9(10)7(2)12/h4-6H,3H2,1-2H3. The van der Waals surface area contributed by atoms with Crippen LogP contribution in [0.15, 0.2) is 22.7 Å². The Morgan fingerprint density at radius 2 is 2.23 bits per heavy atom.